The van der Waals surface area contributed by atoms with Crippen molar-refractivity contribution in [2.75, 3.05) is 26.2 Å². The molecule has 1 fully saturated rings. The summed E-state index contributed by atoms with van der Waals surface area (Å²) < 4.78 is 5.56. The van der Waals surface area contributed by atoms with Crippen molar-refractivity contribution in [2.45, 2.75) is 32.1 Å². The van der Waals surface area contributed by atoms with Crippen LogP contribution in [0.3, 0.4) is 0 Å². The molecule has 1 heterocycles. The van der Waals surface area contributed by atoms with Crippen LogP contribution < -0.4 is 5.73 Å². The van der Waals surface area contributed by atoms with E-state index in [0.29, 0.717) is 25.7 Å². The third-order valence-electron chi connectivity index (χ3n) is 3.99. The molecule has 0 aliphatic carbocycles. The fourth-order valence-electron chi connectivity index (χ4n) is 2.57. The fourth-order valence-corrected chi connectivity index (χ4v) is 2.57. The molecule has 112 valence electrons. The molecule has 0 saturated carbocycles. The second kappa shape index (κ2) is 7.74. The van der Waals surface area contributed by atoms with Crippen LogP contribution in [0.15, 0.2) is 30.3 Å². The largest absolute Gasteiger partial charge is 0.389 e. The fraction of sp³-hybridized carbons (Fsp3) is 0.625. The van der Waals surface area contributed by atoms with Gasteiger partial charge in [0.25, 0.3) is 0 Å². The van der Waals surface area contributed by atoms with E-state index in [-0.39, 0.29) is 6.04 Å². The van der Waals surface area contributed by atoms with Crippen molar-refractivity contribution >= 4 is 0 Å². The quantitative estimate of drug-likeness (QED) is 0.822. The molecule has 1 saturated heterocycles. The average molecular weight is 278 g/mol. The SMILES string of the molecule is CC1CCN(CC(O)COCc2ccccc2)CC1N. The van der Waals surface area contributed by atoms with E-state index in [9.17, 15) is 5.11 Å². The van der Waals surface area contributed by atoms with Crippen molar-refractivity contribution in [3.63, 3.8) is 0 Å². The van der Waals surface area contributed by atoms with Gasteiger partial charge in [-0.2, -0.15) is 0 Å². The standard InChI is InChI=1S/C16H26N2O2/c1-13-7-8-18(10-16(13)17)9-15(19)12-20-11-14-5-3-2-4-6-14/h2-6,13,15-16,19H,7-12,17H2,1H3. The summed E-state index contributed by atoms with van der Waals surface area (Å²) in [5.74, 6) is 0.581. The van der Waals surface area contributed by atoms with E-state index in [4.69, 9.17) is 10.5 Å². The highest BCUT2D eigenvalue weighted by Crippen LogP contribution is 2.15. The van der Waals surface area contributed by atoms with E-state index < -0.39 is 6.10 Å². The number of nitrogens with zero attached hydrogens (tertiary/aromatic N) is 1. The smallest absolute Gasteiger partial charge is 0.0900 e. The zero-order valence-electron chi connectivity index (χ0n) is 12.2. The molecule has 3 atom stereocenters. The lowest BCUT2D eigenvalue weighted by atomic mass is 9.94. The Morgan fingerprint density at radius 3 is 2.85 bits per heavy atom. The summed E-state index contributed by atoms with van der Waals surface area (Å²) in [6.07, 6.45) is 0.665. The Balaban J connectivity index is 1.64. The van der Waals surface area contributed by atoms with Crippen molar-refractivity contribution in [1.29, 1.82) is 0 Å². The lowest BCUT2D eigenvalue weighted by molar-refractivity contribution is 0.00316. The Bertz CT molecular complexity index is 385. The molecule has 3 unspecified atom stereocenters. The molecule has 1 aliphatic rings. The van der Waals surface area contributed by atoms with Crippen LogP contribution in [0.25, 0.3) is 0 Å². The average Bonchev–Trinajstić information content (AvgIpc) is 2.44. The van der Waals surface area contributed by atoms with Crippen LogP contribution >= 0.6 is 0 Å². The Labute approximate surface area is 121 Å². The minimum Gasteiger partial charge on any atom is -0.389 e. The van der Waals surface area contributed by atoms with Gasteiger partial charge >= 0.3 is 0 Å². The Hall–Kier alpha value is -0.940. The molecule has 0 aromatic heterocycles. The first-order valence-corrected chi connectivity index (χ1v) is 7.43. The Kier molecular flexibility index (Phi) is 5.98. The van der Waals surface area contributed by atoms with Crippen LogP contribution in [0.1, 0.15) is 18.9 Å². The zero-order chi connectivity index (χ0) is 14.4. The molecular weight excluding hydrogens is 252 g/mol. The number of hydrogen-bond acceptors (Lipinski definition) is 4. The van der Waals surface area contributed by atoms with E-state index in [0.717, 1.165) is 25.1 Å². The Morgan fingerprint density at radius 1 is 1.40 bits per heavy atom. The van der Waals surface area contributed by atoms with E-state index >= 15 is 0 Å². The van der Waals surface area contributed by atoms with E-state index in [1.165, 1.54) is 0 Å². The van der Waals surface area contributed by atoms with Crippen molar-refractivity contribution < 1.29 is 9.84 Å². The minimum absolute atomic E-state index is 0.223. The van der Waals surface area contributed by atoms with Crippen molar-refractivity contribution in [1.82, 2.24) is 4.90 Å². The topological polar surface area (TPSA) is 58.7 Å². The van der Waals surface area contributed by atoms with Crippen LogP contribution in [0.2, 0.25) is 0 Å². The minimum atomic E-state index is -0.445. The molecule has 1 aliphatic heterocycles. The van der Waals surface area contributed by atoms with Gasteiger partial charge in [0, 0.05) is 19.1 Å². The number of rotatable bonds is 6. The van der Waals surface area contributed by atoms with Crippen molar-refractivity contribution in [2.24, 2.45) is 11.7 Å². The normalized spacial score (nSPS) is 25.6. The predicted octanol–water partition coefficient (Wildman–Crippen LogP) is 1.23. The number of piperidine rings is 1. The monoisotopic (exact) mass is 278 g/mol. The molecule has 1 aromatic rings. The van der Waals surface area contributed by atoms with E-state index in [1.54, 1.807) is 0 Å². The maximum Gasteiger partial charge on any atom is 0.0900 e. The number of benzene rings is 1. The molecule has 20 heavy (non-hydrogen) atoms. The Morgan fingerprint density at radius 2 is 2.15 bits per heavy atom. The maximum atomic E-state index is 10.0. The first-order valence-electron chi connectivity index (χ1n) is 7.43. The van der Waals surface area contributed by atoms with Gasteiger partial charge in [-0.05, 0) is 24.4 Å². The van der Waals surface area contributed by atoms with Gasteiger partial charge in [-0.1, -0.05) is 37.3 Å². The summed E-state index contributed by atoms with van der Waals surface area (Å²) in [7, 11) is 0. The summed E-state index contributed by atoms with van der Waals surface area (Å²) in [6.45, 7) is 5.66. The van der Waals surface area contributed by atoms with Gasteiger partial charge in [-0.15, -0.1) is 0 Å². The molecule has 0 radical (unpaired) electrons. The van der Waals surface area contributed by atoms with Gasteiger partial charge in [0.1, 0.15) is 0 Å². The molecular formula is C16H26N2O2. The van der Waals surface area contributed by atoms with Gasteiger partial charge in [-0.3, -0.25) is 4.90 Å². The van der Waals surface area contributed by atoms with E-state index in [2.05, 4.69) is 11.8 Å². The number of likely N-dealkylation sites (tertiary alicyclic amines) is 1. The van der Waals surface area contributed by atoms with Gasteiger partial charge < -0.3 is 15.6 Å². The molecule has 0 amide bonds. The molecule has 0 spiro atoms. The number of nitrogens with two attached hydrogens (primary N) is 1. The van der Waals surface area contributed by atoms with Crippen molar-refractivity contribution in [3.8, 4) is 0 Å². The van der Waals surface area contributed by atoms with Crippen LogP contribution in [0.4, 0.5) is 0 Å². The molecule has 2 rings (SSSR count). The maximum absolute atomic E-state index is 10.0. The summed E-state index contributed by atoms with van der Waals surface area (Å²) in [5.41, 5.74) is 7.20. The number of β-amino-alcohol motifs (C(OH)–C–C–N with tert-alkyl or cyclic N) is 1. The number of ether oxygens (including phenoxy) is 1. The van der Waals surface area contributed by atoms with Gasteiger partial charge in [0.2, 0.25) is 0 Å². The summed E-state index contributed by atoms with van der Waals surface area (Å²) in [5, 5.41) is 10.0. The van der Waals surface area contributed by atoms with Gasteiger partial charge in [0.05, 0.1) is 19.3 Å². The summed E-state index contributed by atoms with van der Waals surface area (Å²) in [6, 6.07) is 10.2. The zero-order valence-corrected chi connectivity index (χ0v) is 12.2. The molecule has 4 heteroatoms. The third kappa shape index (κ3) is 4.87. The first kappa shape index (κ1) is 15.4. The highest BCUT2D eigenvalue weighted by molar-refractivity contribution is 5.13. The number of hydrogen-bond donors (Lipinski definition) is 2. The van der Waals surface area contributed by atoms with Crippen LogP contribution in [0.5, 0.6) is 0 Å². The second-order valence-electron chi connectivity index (χ2n) is 5.84. The predicted molar refractivity (Wildman–Crippen MR) is 80.3 cm³/mol. The first-order chi connectivity index (χ1) is 9.65. The lowest BCUT2D eigenvalue weighted by Crippen LogP contribution is -2.50. The third-order valence-corrected chi connectivity index (χ3v) is 3.99. The summed E-state index contributed by atoms with van der Waals surface area (Å²) in [4.78, 5) is 2.24. The molecule has 0 bridgehead atoms. The van der Waals surface area contributed by atoms with Crippen LogP contribution in [-0.4, -0.2) is 48.4 Å². The number of aliphatic hydroxyl groups excluding tert-OH is 1. The second-order valence-corrected chi connectivity index (χ2v) is 5.84. The van der Waals surface area contributed by atoms with Crippen LogP contribution in [-0.2, 0) is 11.3 Å². The molecule has 1 aromatic carbocycles. The van der Waals surface area contributed by atoms with Crippen LogP contribution in [0, 0.1) is 5.92 Å². The van der Waals surface area contributed by atoms with Gasteiger partial charge in [0.15, 0.2) is 0 Å². The summed E-state index contributed by atoms with van der Waals surface area (Å²) >= 11 is 0. The molecule has 3 N–H and O–H groups in total. The van der Waals surface area contributed by atoms with Crippen molar-refractivity contribution in [3.05, 3.63) is 35.9 Å². The molecule has 4 nitrogen and oxygen atoms in total. The lowest BCUT2D eigenvalue weighted by Gasteiger charge is -2.35. The highest BCUT2D eigenvalue weighted by Gasteiger charge is 2.24. The van der Waals surface area contributed by atoms with Gasteiger partial charge in [-0.25, -0.2) is 0 Å². The highest BCUT2D eigenvalue weighted by atomic mass is 16.5. The van der Waals surface area contributed by atoms with E-state index in [1.807, 2.05) is 30.3 Å². The number of aliphatic hydroxyl groups is 1.